The van der Waals surface area contributed by atoms with Gasteiger partial charge in [-0.3, -0.25) is 4.79 Å². The van der Waals surface area contributed by atoms with E-state index in [2.05, 4.69) is 0 Å². The van der Waals surface area contributed by atoms with Gasteiger partial charge in [-0.15, -0.1) is 0 Å². The molecule has 2 fully saturated rings. The van der Waals surface area contributed by atoms with Gasteiger partial charge in [-0.2, -0.15) is 0 Å². The first-order valence-corrected chi connectivity index (χ1v) is 6.34. The maximum Gasteiger partial charge on any atom is 0.225 e. The van der Waals surface area contributed by atoms with Gasteiger partial charge in [-0.05, 0) is 19.8 Å². The molecule has 5 heteroatoms. The molecule has 2 rings (SSSR count). The topological polar surface area (TPSA) is 59.0 Å². The van der Waals surface area contributed by atoms with E-state index in [1.54, 1.807) is 4.90 Å². The zero-order chi connectivity index (χ0) is 12.3. The number of amides is 1. The van der Waals surface area contributed by atoms with Gasteiger partial charge in [0.2, 0.25) is 5.91 Å². The quantitative estimate of drug-likeness (QED) is 0.767. The lowest BCUT2D eigenvalue weighted by Crippen LogP contribution is -2.50. The minimum atomic E-state index is -0.243. The molecular weight excluding hydrogens is 222 g/mol. The van der Waals surface area contributed by atoms with Crippen molar-refractivity contribution < 1.29 is 19.4 Å². The fourth-order valence-corrected chi connectivity index (χ4v) is 2.48. The fraction of sp³-hybridized carbons (Fsp3) is 0.917. The van der Waals surface area contributed by atoms with Crippen molar-refractivity contribution >= 4 is 5.91 Å². The van der Waals surface area contributed by atoms with E-state index in [0.717, 1.165) is 19.4 Å². The summed E-state index contributed by atoms with van der Waals surface area (Å²) < 4.78 is 11.0. The lowest BCUT2D eigenvalue weighted by Gasteiger charge is -2.36. The molecule has 0 radical (unpaired) electrons. The van der Waals surface area contributed by atoms with Crippen molar-refractivity contribution in [1.82, 2.24) is 4.90 Å². The summed E-state index contributed by atoms with van der Waals surface area (Å²) in [6, 6.07) is 0. The van der Waals surface area contributed by atoms with Gasteiger partial charge in [0.05, 0.1) is 31.3 Å². The summed E-state index contributed by atoms with van der Waals surface area (Å²) in [6.07, 6.45) is 2.34. The van der Waals surface area contributed by atoms with Crippen LogP contribution >= 0.6 is 0 Å². The zero-order valence-corrected chi connectivity index (χ0v) is 10.3. The van der Waals surface area contributed by atoms with Gasteiger partial charge in [-0.25, -0.2) is 0 Å². The second-order valence-corrected chi connectivity index (χ2v) is 4.89. The van der Waals surface area contributed by atoms with Gasteiger partial charge < -0.3 is 19.5 Å². The molecule has 2 heterocycles. The highest BCUT2D eigenvalue weighted by molar-refractivity contribution is 5.76. The molecule has 1 N–H and O–H groups in total. The molecule has 0 spiro atoms. The largest absolute Gasteiger partial charge is 0.394 e. The molecule has 2 aliphatic rings. The van der Waals surface area contributed by atoms with Crippen molar-refractivity contribution in [1.29, 1.82) is 0 Å². The molecule has 1 amide bonds. The lowest BCUT2D eigenvalue weighted by atomic mass is 10.1. The smallest absolute Gasteiger partial charge is 0.225 e. The van der Waals surface area contributed by atoms with Crippen LogP contribution in [-0.2, 0) is 14.3 Å². The first-order valence-electron chi connectivity index (χ1n) is 6.34. The minimum absolute atomic E-state index is 0.00523. The molecule has 0 aromatic heterocycles. The summed E-state index contributed by atoms with van der Waals surface area (Å²) in [4.78, 5) is 13.9. The van der Waals surface area contributed by atoms with Crippen LogP contribution in [0.15, 0.2) is 0 Å². The molecule has 0 bridgehead atoms. The summed E-state index contributed by atoms with van der Waals surface area (Å²) in [7, 11) is 0. The van der Waals surface area contributed by atoms with Crippen LogP contribution in [0.5, 0.6) is 0 Å². The van der Waals surface area contributed by atoms with Crippen molar-refractivity contribution in [3.8, 4) is 0 Å². The Bertz CT molecular complexity index is 265. The Kier molecular flexibility index (Phi) is 4.36. The van der Waals surface area contributed by atoms with E-state index in [4.69, 9.17) is 14.6 Å². The molecule has 17 heavy (non-hydrogen) atoms. The second kappa shape index (κ2) is 5.80. The molecule has 5 nitrogen and oxygen atoms in total. The maximum atomic E-state index is 12.1. The summed E-state index contributed by atoms with van der Waals surface area (Å²) in [5.74, 6) is 0.116. The minimum Gasteiger partial charge on any atom is -0.394 e. The molecule has 98 valence electrons. The second-order valence-electron chi connectivity index (χ2n) is 4.89. The number of aliphatic hydroxyl groups excluding tert-OH is 1. The first-order chi connectivity index (χ1) is 8.19. The predicted molar refractivity (Wildman–Crippen MR) is 61.6 cm³/mol. The number of ether oxygens (including phenoxy) is 2. The number of nitrogens with zero attached hydrogens (tertiary/aromatic N) is 1. The van der Waals surface area contributed by atoms with Crippen molar-refractivity contribution in [2.24, 2.45) is 0 Å². The number of rotatable bonds is 3. The van der Waals surface area contributed by atoms with Crippen LogP contribution in [-0.4, -0.2) is 60.5 Å². The van der Waals surface area contributed by atoms with Crippen LogP contribution in [0.4, 0.5) is 0 Å². The fourth-order valence-electron chi connectivity index (χ4n) is 2.48. The molecule has 2 saturated heterocycles. The van der Waals surface area contributed by atoms with Crippen LogP contribution in [0.3, 0.4) is 0 Å². The number of hydrogen-bond acceptors (Lipinski definition) is 4. The Morgan fingerprint density at radius 1 is 1.41 bits per heavy atom. The molecule has 0 saturated carbocycles. The highest BCUT2D eigenvalue weighted by Gasteiger charge is 2.29. The standard InChI is InChI=1S/C12H21NO4/c1-9-6-13(7-11(8-14)17-9)12(15)5-10-3-2-4-16-10/h9-11,14H,2-8H2,1H3. The van der Waals surface area contributed by atoms with Crippen molar-refractivity contribution in [2.75, 3.05) is 26.3 Å². The van der Waals surface area contributed by atoms with E-state index in [9.17, 15) is 4.79 Å². The van der Waals surface area contributed by atoms with Crippen LogP contribution in [0.2, 0.25) is 0 Å². The van der Waals surface area contributed by atoms with Crippen LogP contribution in [0, 0.1) is 0 Å². The van der Waals surface area contributed by atoms with Gasteiger partial charge in [0.25, 0.3) is 0 Å². The predicted octanol–water partition coefficient (Wildman–Crippen LogP) is 0.164. The highest BCUT2D eigenvalue weighted by atomic mass is 16.5. The lowest BCUT2D eigenvalue weighted by molar-refractivity contribution is -0.149. The molecule has 0 aromatic rings. The van der Waals surface area contributed by atoms with Gasteiger partial charge in [0, 0.05) is 19.7 Å². The number of carbonyl (C=O) groups is 1. The third-order valence-electron chi connectivity index (χ3n) is 3.31. The SMILES string of the molecule is CC1CN(C(=O)CC2CCCO2)CC(CO)O1. The van der Waals surface area contributed by atoms with E-state index in [1.807, 2.05) is 6.92 Å². The normalized spacial score (nSPS) is 34.0. The van der Waals surface area contributed by atoms with Gasteiger partial charge >= 0.3 is 0 Å². The van der Waals surface area contributed by atoms with E-state index in [1.165, 1.54) is 0 Å². The van der Waals surface area contributed by atoms with Crippen molar-refractivity contribution in [2.45, 2.75) is 44.5 Å². The van der Waals surface area contributed by atoms with E-state index >= 15 is 0 Å². The van der Waals surface area contributed by atoms with Crippen LogP contribution < -0.4 is 0 Å². The van der Waals surface area contributed by atoms with E-state index in [0.29, 0.717) is 19.5 Å². The van der Waals surface area contributed by atoms with Crippen molar-refractivity contribution in [3.05, 3.63) is 0 Å². The molecule has 3 atom stereocenters. The van der Waals surface area contributed by atoms with Crippen LogP contribution in [0.25, 0.3) is 0 Å². The number of morpholine rings is 1. The average molecular weight is 243 g/mol. The summed E-state index contributed by atoms with van der Waals surface area (Å²) in [6.45, 7) is 3.77. The third kappa shape index (κ3) is 3.40. The zero-order valence-electron chi connectivity index (χ0n) is 10.3. The first kappa shape index (κ1) is 12.8. The molecule has 2 aliphatic heterocycles. The van der Waals surface area contributed by atoms with Gasteiger partial charge in [0.15, 0.2) is 0 Å². The molecule has 0 aromatic carbocycles. The third-order valence-corrected chi connectivity index (χ3v) is 3.31. The molecule has 3 unspecified atom stereocenters. The molecular formula is C12H21NO4. The average Bonchev–Trinajstić information content (AvgIpc) is 2.81. The summed E-state index contributed by atoms with van der Waals surface area (Å²) in [5.41, 5.74) is 0. The Balaban J connectivity index is 1.84. The van der Waals surface area contributed by atoms with E-state index in [-0.39, 0.29) is 30.8 Å². The number of aliphatic hydroxyl groups is 1. The van der Waals surface area contributed by atoms with Crippen molar-refractivity contribution in [3.63, 3.8) is 0 Å². The Morgan fingerprint density at radius 3 is 2.88 bits per heavy atom. The van der Waals surface area contributed by atoms with Gasteiger partial charge in [0.1, 0.15) is 0 Å². The Hall–Kier alpha value is -0.650. The highest BCUT2D eigenvalue weighted by Crippen LogP contribution is 2.18. The Morgan fingerprint density at radius 2 is 2.24 bits per heavy atom. The Labute approximate surface area is 102 Å². The number of hydrogen-bond donors (Lipinski definition) is 1. The van der Waals surface area contributed by atoms with Gasteiger partial charge in [-0.1, -0.05) is 0 Å². The monoisotopic (exact) mass is 243 g/mol. The van der Waals surface area contributed by atoms with E-state index < -0.39 is 0 Å². The summed E-state index contributed by atoms with van der Waals surface area (Å²) in [5, 5.41) is 9.10. The van der Waals surface area contributed by atoms with Crippen LogP contribution in [0.1, 0.15) is 26.2 Å². The summed E-state index contributed by atoms with van der Waals surface area (Å²) >= 11 is 0. The maximum absolute atomic E-state index is 12.1. The molecule has 0 aliphatic carbocycles. The number of carbonyl (C=O) groups excluding carboxylic acids is 1.